The van der Waals surface area contributed by atoms with Crippen LogP contribution in [-0.4, -0.2) is 18.2 Å². The Bertz CT molecular complexity index is 1110. The monoisotopic (exact) mass is 368 g/mol. The molecule has 28 heavy (non-hydrogen) atoms. The number of ether oxygens (including phenoxy) is 1. The van der Waals surface area contributed by atoms with Crippen molar-refractivity contribution in [1.29, 1.82) is 0 Å². The zero-order valence-corrected chi connectivity index (χ0v) is 15.6. The van der Waals surface area contributed by atoms with Crippen LogP contribution >= 0.6 is 0 Å². The van der Waals surface area contributed by atoms with Crippen LogP contribution in [0.2, 0.25) is 0 Å². The average Bonchev–Trinajstić information content (AvgIpc) is 3.02. The summed E-state index contributed by atoms with van der Waals surface area (Å²) >= 11 is 0. The van der Waals surface area contributed by atoms with Gasteiger partial charge in [0, 0.05) is 5.56 Å². The summed E-state index contributed by atoms with van der Waals surface area (Å²) in [6.45, 7) is 5.96. The van der Waals surface area contributed by atoms with Crippen LogP contribution in [0.15, 0.2) is 90.1 Å². The summed E-state index contributed by atoms with van der Waals surface area (Å²) in [6.07, 6.45) is 3.58. The number of benzene rings is 3. The van der Waals surface area contributed by atoms with Gasteiger partial charge in [0.2, 0.25) is 0 Å². The van der Waals surface area contributed by atoms with Crippen molar-refractivity contribution in [3.8, 4) is 5.75 Å². The van der Waals surface area contributed by atoms with Crippen molar-refractivity contribution in [2.24, 2.45) is 5.10 Å². The number of amides is 1. The Morgan fingerprint density at radius 1 is 1.04 bits per heavy atom. The fraction of sp³-hybridized carbons (Fsp3) is 0.0833. The molecule has 0 N–H and O–H groups in total. The predicted octanol–water partition coefficient (Wildman–Crippen LogP) is 5.21. The molecule has 4 nitrogen and oxygen atoms in total. The van der Waals surface area contributed by atoms with Gasteiger partial charge in [-0.3, -0.25) is 4.79 Å². The SMILES string of the molecule is C=CCOc1ccc2ccccc2c1/C=C1/C(=O)N(c2ccccc2)N=C1C. The van der Waals surface area contributed by atoms with Crippen molar-refractivity contribution in [3.63, 3.8) is 0 Å². The number of para-hydroxylation sites is 1. The first-order valence-corrected chi connectivity index (χ1v) is 9.11. The number of fused-ring (bicyclic) bond motifs is 1. The second-order valence-electron chi connectivity index (χ2n) is 6.49. The molecule has 0 bridgehead atoms. The van der Waals surface area contributed by atoms with E-state index in [0.717, 1.165) is 22.0 Å². The maximum absolute atomic E-state index is 13.1. The van der Waals surface area contributed by atoms with Crippen molar-refractivity contribution in [1.82, 2.24) is 0 Å². The van der Waals surface area contributed by atoms with Gasteiger partial charge in [0.05, 0.1) is 17.0 Å². The molecule has 0 atom stereocenters. The lowest BCUT2D eigenvalue weighted by molar-refractivity contribution is -0.114. The molecule has 0 saturated carbocycles. The van der Waals surface area contributed by atoms with Crippen LogP contribution in [-0.2, 0) is 4.79 Å². The molecule has 1 heterocycles. The van der Waals surface area contributed by atoms with Crippen LogP contribution in [0.3, 0.4) is 0 Å². The van der Waals surface area contributed by atoms with Crippen molar-refractivity contribution in [2.75, 3.05) is 11.6 Å². The maximum atomic E-state index is 13.1. The van der Waals surface area contributed by atoms with Crippen molar-refractivity contribution in [3.05, 3.63) is 90.5 Å². The summed E-state index contributed by atoms with van der Waals surface area (Å²) in [5.74, 6) is 0.566. The van der Waals surface area contributed by atoms with E-state index in [-0.39, 0.29) is 5.91 Å². The molecule has 0 radical (unpaired) electrons. The Morgan fingerprint density at radius 3 is 2.57 bits per heavy atom. The van der Waals surface area contributed by atoms with Crippen LogP contribution in [0.4, 0.5) is 5.69 Å². The second kappa shape index (κ2) is 7.53. The lowest BCUT2D eigenvalue weighted by Gasteiger charge is -2.13. The highest BCUT2D eigenvalue weighted by molar-refractivity contribution is 6.32. The average molecular weight is 368 g/mol. The first kappa shape index (κ1) is 17.7. The van der Waals surface area contributed by atoms with E-state index in [1.807, 2.05) is 79.7 Å². The molecule has 1 aliphatic rings. The van der Waals surface area contributed by atoms with Gasteiger partial charge >= 0.3 is 0 Å². The number of carbonyl (C=O) groups is 1. The summed E-state index contributed by atoms with van der Waals surface area (Å²) in [5.41, 5.74) is 2.85. The Kier molecular flexibility index (Phi) is 4.77. The predicted molar refractivity (Wildman–Crippen MR) is 115 cm³/mol. The molecule has 3 aromatic carbocycles. The normalized spacial score (nSPS) is 15.2. The summed E-state index contributed by atoms with van der Waals surface area (Å²) in [4.78, 5) is 13.1. The van der Waals surface area contributed by atoms with E-state index in [0.29, 0.717) is 23.6 Å². The van der Waals surface area contributed by atoms with Gasteiger partial charge in [0.15, 0.2) is 0 Å². The molecule has 0 unspecified atom stereocenters. The molecular formula is C24H20N2O2. The van der Waals surface area contributed by atoms with Crippen LogP contribution < -0.4 is 9.75 Å². The number of hydrogen-bond donors (Lipinski definition) is 0. The van der Waals surface area contributed by atoms with Crippen LogP contribution in [0.1, 0.15) is 12.5 Å². The molecule has 1 amide bonds. The summed E-state index contributed by atoms with van der Waals surface area (Å²) in [7, 11) is 0. The molecule has 4 heteroatoms. The first-order valence-electron chi connectivity index (χ1n) is 9.11. The van der Waals surface area contributed by atoms with Crippen molar-refractivity contribution in [2.45, 2.75) is 6.92 Å². The minimum absolute atomic E-state index is 0.147. The van der Waals surface area contributed by atoms with Crippen LogP contribution in [0, 0.1) is 0 Å². The number of nitrogens with zero attached hydrogens (tertiary/aromatic N) is 2. The smallest absolute Gasteiger partial charge is 0.280 e. The second-order valence-corrected chi connectivity index (χ2v) is 6.49. The van der Waals surface area contributed by atoms with E-state index in [9.17, 15) is 4.79 Å². The van der Waals surface area contributed by atoms with E-state index in [1.165, 1.54) is 5.01 Å². The van der Waals surface area contributed by atoms with Gasteiger partial charge in [-0.1, -0.05) is 61.2 Å². The molecule has 0 aliphatic carbocycles. The Balaban J connectivity index is 1.82. The highest BCUT2D eigenvalue weighted by Crippen LogP contribution is 2.32. The summed E-state index contributed by atoms with van der Waals surface area (Å²) in [5, 5.41) is 8.01. The Hall–Kier alpha value is -3.66. The molecule has 0 spiro atoms. The zero-order chi connectivity index (χ0) is 19.5. The van der Waals surface area contributed by atoms with Crippen LogP contribution in [0.5, 0.6) is 5.75 Å². The maximum Gasteiger partial charge on any atom is 0.280 e. The van der Waals surface area contributed by atoms with E-state index >= 15 is 0 Å². The highest BCUT2D eigenvalue weighted by atomic mass is 16.5. The highest BCUT2D eigenvalue weighted by Gasteiger charge is 2.29. The molecular weight excluding hydrogens is 348 g/mol. The van der Waals surface area contributed by atoms with Gasteiger partial charge in [-0.25, -0.2) is 0 Å². The fourth-order valence-corrected chi connectivity index (χ4v) is 3.27. The summed E-state index contributed by atoms with van der Waals surface area (Å²) < 4.78 is 5.86. The largest absolute Gasteiger partial charge is 0.489 e. The van der Waals surface area contributed by atoms with Gasteiger partial charge in [0.25, 0.3) is 5.91 Å². The lowest BCUT2D eigenvalue weighted by Crippen LogP contribution is -2.21. The zero-order valence-electron chi connectivity index (χ0n) is 15.6. The van der Waals surface area contributed by atoms with Gasteiger partial charge in [-0.2, -0.15) is 10.1 Å². The van der Waals surface area contributed by atoms with Gasteiger partial charge in [-0.05, 0) is 42.0 Å². The van der Waals surface area contributed by atoms with Crippen LogP contribution in [0.25, 0.3) is 16.8 Å². The van der Waals surface area contributed by atoms with Crippen molar-refractivity contribution < 1.29 is 9.53 Å². The van der Waals surface area contributed by atoms with Gasteiger partial charge in [-0.15, -0.1) is 0 Å². The minimum Gasteiger partial charge on any atom is -0.489 e. The number of hydrazone groups is 1. The Labute approximate surface area is 164 Å². The van der Waals surface area contributed by atoms with E-state index in [2.05, 4.69) is 11.7 Å². The molecule has 3 aromatic rings. The molecule has 4 rings (SSSR count). The minimum atomic E-state index is -0.147. The van der Waals surface area contributed by atoms with E-state index in [1.54, 1.807) is 6.08 Å². The summed E-state index contributed by atoms with van der Waals surface area (Å²) in [6, 6.07) is 21.4. The molecule has 138 valence electrons. The van der Waals surface area contributed by atoms with E-state index < -0.39 is 0 Å². The van der Waals surface area contributed by atoms with Crippen molar-refractivity contribution >= 4 is 34.2 Å². The third-order valence-electron chi connectivity index (χ3n) is 4.64. The third kappa shape index (κ3) is 3.21. The molecule has 0 aromatic heterocycles. The molecule has 0 saturated heterocycles. The fourth-order valence-electron chi connectivity index (χ4n) is 3.27. The number of rotatable bonds is 5. The molecule has 1 aliphatic heterocycles. The number of carbonyl (C=O) groups excluding carboxylic acids is 1. The van der Waals surface area contributed by atoms with Gasteiger partial charge < -0.3 is 4.74 Å². The topological polar surface area (TPSA) is 41.9 Å². The quantitative estimate of drug-likeness (QED) is 0.458. The standard InChI is InChI=1S/C24H20N2O2/c1-3-15-28-23-14-13-18-9-7-8-12-20(18)22(23)16-21-17(2)25-26(24(21)27)19-10-5-4-6-11-19/h3-14,16H,1,15H2,2H3/b21-16+. The van der Waals surface area contributed by atoms with E-state index in [4.69, 9.17) is 4.74 Å². The molecule has 0 fully saturated rings. The van der Waals surface area contributed by atoms with Gasteiger partial charge in [0.1, 0.15) is 12.4 Å². The lowest BCUT2D eigenvalue weighted by atomic mass is 9.99. The first-order chi connectivity index (χ1) is 13.7. The number of hydrogen-bond acceptors (Lipinski definition) is 3. The number of anilines is 1. The Morgan fingerprint density at radius 2 is 1.79 bits per heavy atom. The third-order valence-corrected chi connectivity index (χ3v) is 4.64.